The first kappa shape index (κ1) is 13.0. The van der Waals surface area contributed by atoms with E-state index in [1.54, 1.807) is 0 Å². The molecule has 3 unspecified atom stereocenters. The molecular formula is C12H18BrNO3. The van der Waals surface area contributed by atoms with Crippen molar-refractivity contribution >= 4 is 27.6 Å². The molecule has 2 bridgehead atoms. The summed E-state index contributed by atoms with van der Waals surface area (Å²) < 4.78 is 0. The summed E-state index contributed by atoms with van der Waals surface area (Å²) in [6.45, 7) is 5.99. The van der Waals surface area contributed by atoms with Crippen molar-refractivity contribution in [1.29, 1.82) is 0 Å². The number of nitrogens with one attached hydrogen (secondary N) is 1. The van der Waals surface area contributed by atoms with Gasteiger partial charge >= 0.3 is 0 Å². The lowest BCUT2D eigenvalue weighted by molar-refractivity contribution is -0.146. The van der Waals surface area contributed by atoms with E-state index < -0.39 is 15.7 Å². The molecule has 0 aliphatic heterocycles. The van der Waals surface area contributed by atoms with E-state index >= 15 is 0 Å². The van der Waals surface area contributed by atoms with Crippen LogP contribution in [0.5, 0.6) is 0 Å². The van der Waals surface area contributed by atoms with Crippen LogP contribution < -0.4 is 5.48 Å². The minimum absolute atomic E-state index is 0.139. The molecule has 2 fully saturated rings. The second kappa shape index (κ2) is 3.54. The van der Waals surface area contributed by atoms with Gasteiger partial charge in [0.25, 0.3) is 5.91 Å². The van der Waals surface area contributed by atoms with Gasteiger partial charge in [-0.05, 0) is 18.3 Å². The summed E-state index contributed by atoms with van der Waals surface area (Å²) in [7, 11) is 1.41. The normalized spacial score (nSPS) is 42.9. The lowest BCUT2D eigenvalue weighted by atomic mass is 9.64. The Kier molecular flexibility index (Phi) is 2.71. The predicted molar refractivity (Wildman–Crippen MR) is 66.4 cm³/mol. The summed E-state index contributed by atoms with van der Waals surface area (Å²) in [5.41, 5.74) is 0.917. The monoisotopic (exact) mass is 303 g/mol. The van der Waals surface area contributed by atoms with Crippen molar-refractivity contribution in [3.8, 4) is 0 Å². The Labute approximate surface area is 110 Å². The van der Waals surface area contributed by atoms with Crippen molar-refractivity contribution in [2.45, 2.75) is 38.4 Å². The van der Waals surface area contributed by atoms with Crippen LogP contribution in [-0.4, -0.2) is 23.6 Å². The zero-order chi connectivity index (χ0) is 13.1. The van der Waals surface area contributed by atoms with E-state index in [1.807, 2.05) is 20.8 Å². The molecule has 2 aliphatic carbocycles. The molecule has 2 aliphatic rings. The molecule has 0 heterocycles. The van der Waals surface area contributed by atoms with E-state index in [9.17, 15) is 9.59 Å². The number of ketones is 1. The number of carbonyl (C=O) groups excluding carboxylic acids is 2. The standard InChI is InChI=1S/C12H18BrNO3/c1-10(2)11(3)5-6-12(10,7(13)8(11)15)9(16)14-17-4/h7H,5-6H2,1-4H3,(H,14,16). The minimum atomic E-state index is -0.700. The SMILES string of the molecule is CONC(=O)C12CCC(C)(C(=O)C1Br)C2(C)C. The van der Waals surface area contributed by atoms with Crippen LogP contribution in [0.3, 0.4) is 0 Å². The van der Waals surface area contributed by atoms with Gasteiger partial charge in [0.2, 0.25) is 0 Å². The molecule has 2 rings (SSSR count). The third kappa shape index (κ3) is 1.17. The van der Waals surface area contributed by atoms with Crippen molar-refractivity contribution in [2.75, 3.05) is 7.11 Å². The number of Topliss-reactive ketones (excluding diaryl/α,β-unsaturated/α-hetero) is 1. The number of hydroxylamine groups is 1. The van der Waals surface area contributed by atoms with Crippen LogP contribution in [0.2, 0.25) is 0 Å². The zero-order valence-electron chi connectivity index (χ0n) is 10.6. The summed E-state index contributed by atoms with van der Waals surface area (Å²) in [4.78, 5) is 29.0. The molecule has 0 aromatic rings. The average molecular weight is 304 g/mol. The van der Waals surface area contributed by atoms with Crippen LogP contribution in [0.4, 0.5) is 0 Å². The molecular weight excluding hydrogens is 286 g/mol. The fourth-order valence-corrected chi connectivity index (χ4v) is 5.15. The lowest BCUT2D eigenvalue weighted by Gasteiger charge is -2.39. The zero-order valence-corrected chi connectivity index (χ0v) is 12.2. The van der Waals surface area contributed by atoms with Crippen LogP contribution >= 0.6 is 15.9 Å². The van der Waals surface area contributed by atoms with Crippen molar-refractivity contribution in [2.24, 2.45) is 16.2 Å². The Morgan fingerprint density at radius 2 is 2.00 bits per heavy atom. The highest BCUT2D eigenvalue weighted by molar-refractivity contribution is 9.10. The molecule has 0 spiro atoms. The molecule has 0 radical (unpaired) electrons. The maximum Gasteiger partial charge on any atom is 0.251 e. The smallest absolute Gasteiger partial charge is 0.251 e. The van der Waals surface area contributed by atoms with Crippen LogP contribution in [0.15, 0.2) is 0 Å². The minimum Gasteiger partial charge on any atom is -0.298 e. The molecule has 1 N–H and O–H groups in total. The molecule has 2 saturated carbocycles. The predicted octanol–water partition coefficient (Wildman–Crippen LogP) is 1.82. The second-order valence-electron chi connectivity index (χ2n) is 5.79. The molecule has 1 amide bonds. The summed E-state index contributed by atoms with van der Waals surface area (Å²) >= 11 is 3.43. The van der Waals surface area contributed by atoms with Crippen molar-refractivity contribution in [3.63, 3.8) is 0 Å². The Morgan fingerprint density at radius 1 is 1.41 bits per heavy atom. The highest BCUT2D eigenvalue weighted by Crippen LogP contribution is 2.72. The molecule has 0 saturated heterocycles. The van der Waals surface area contributed by atoms with E-state index in [0.717, 1.165) is 6.42 Å². The van der Waals surface area contributed by atoms with Gasteiger partial charge in [0.15, 0.2) is 5.78 Å². The first-order valence-corrected chi connectivity index (χ1v) is 6.69. The highest BCUT2D eigenvalue weighted by Gasteiger charge is 2.76. The number of alkyl halides is 1. The van der Waals surface area contributed by atoms with Crippen molar-refractivity contribution in [1.82, 2.24) is 5.48 Å². The molecule has 96 valence electrons. The Morgan fingerprint density at radius 3 is 2.41 bits per heavy atom. The number of rotatable bonds is 2. The van der Waals surface area contributed by atoms with Gasteiger partial charge in [-0.3, -0.25) is 14.4 Å². The average Bonchev–Trinajstić information content (AvgIpc) is 2.52. The first-order valence-electron chi connectivity index (χ1n) is 5.77. The van der Waals surface area contributed by atoms with Crippen LogP contribution in [0, 0.1) is 16.2 Å². The van der Waals surface area contributed by atoms with E-state index in [1.165, 1.54) is 7.11 Å². The molecule has 0 aromatic heterocycles. The van der Waals surface area contributed by atoms with Gasteiger partial charge in [-0.2, -0.15) is 0 Å². The lowest BCUT2D eigenvalue weighted by Crippen LogP contribution is -2.50. The summed E-state index contributed by atoms with van der Waals surface area (Å²) in [5, 5.41) is 0. The maximum absolute atomic E-state index is 12.4. The van der Waals surface area contributed by atoms with E-state index in [0.29, 0.717) is 6.42 Å². The van der Waals surface area contributed by atoms with Crippen LogP contribution in [-0.2, 0) is 14.4 Å². The molecule has 0 aromatic carbocycles. The largest absolute Gasteiger partial charge is 0.298 e. The van der Waals surface area contributed by atoms with Crippen LogP contribution in [0.25, 0.3) is 0 Å². The van der Waals surface area contributed by atoms with Crippen LogP contribution in [0.1, 0.15) is 33.6 Å². The maximum atomic E-state index is 12.4. The number of hydrogen-bond acceptors (Lipinski definition) is 3. The van der Waals surface area contributed by atoms with Gasteiger partial charge in [0.05, 0.1) is 17.4 Å². The Bertz CT molecular complexity index is 395. The van der Waals surface area contributed by atoms with Gasteiger partial charge in [0.1, 0.15) is 0 Å². The summed E-state index contributed by atoms with van der Waals surface area (Å²) in [6.07, 6.45) is 1.48. The number of fused-ring (bicyclic) bond motifs is 2. The summed E-state index contributed by atoms with van der Waals surface area (Å²) in [6, 6.07) is 0. The number of amides is 1. The summed E-state index contributed by atoms with van der Waals surface area (Å²) in [5.74, 6) is -0.0542. The van der Waals surface area contributed by atoms with Gasteiger partial charge in [-0.15, -0.1) is 0 Å². The van der Waals surface area contributed by atoms with Gasteiger partial charge in [-0.25, -0.2) is 5.48 Å². The van der Waals surface area contributed by atoms with E-state index in [4.69, 9.17) is 4.84 Å². The highest BCUT2D eigenvalue weighted by atomic mass is 79.9. The van der Waals surface area contributed by atoms with Crippen molar-refractivity contribution < 1.29 is 14.4 Å². The molecule has 5 heteroatoms. The topological polar surface area (TPSA) is 55.4 Å². The number of hydrogen-bond donors (Lipinski definition) is 1. The third-order valence-corrected chi connectivity index (χ3v) is 6.52. The van der Waals surface area contributed by atoms with Crippen molar-refractivity contribution in [3.05, 3.63) is 0 Å². The quantitative estimate of drug-likeness (QED) is 0.625. The van der Waals surface area contributed by atoms with Gasteiger partial charge < -0.3 is 0 Å². The molecule has 3 atom stereocenters. The molecule has 4 nitrogen and oxygen atoms in total. The number of halogens is 1. The fraction of sp³-hybridized carbons (Fsp3) is 0.833. The second-order valence-corrected chi connectivity index (χ2v) is 6.71. The first-order chi connectivity index (χ1) is 7.75. The Hall–Kier alpha value is -0.420. The molecule has 17 heavy (non-hydrogen) atoms. The van der Waals surface area contributed by atoms with E-state index in [2.05, 4.69) is 21.4 Å². The number of carbonyl (C=O) groups is 2. The Balaban J connectivity index is 2.54. The van der Waals surface area contributed by atoms with Gasteiger partial charge in [0, 0.05) is 5.41 Å². The fourth-order valence-electron chi connectivity index (χ4n) is 3.64. The van der Waals surface area contributed by atoms with E-state index in [-0.39, 0.29) is 17.1 Å². The third-order valence-electron chi connectivity index (χ3n) is 5.32. The van der Waals surface area contributed by atoms with Gasteiger partial charge in [-0.1, -0.05) is 36.7 Å².